The van der Waals surface area contributed by atoms with Crippen molar-refractivity contribution in [1.29, 1.82) is 0 Å². The molecule has 2 aromatic carbocycles. The molecule has 124 valence electrons. The molecule has 1 aliphatic carbocycles. The molecule has 2 atom stereocenters. The maximum atomic E-state index is 3.76. The second-order valence-corrected chi connectivity index (χ2v) is 6.23. The normalized spacial score (nSPS) is 20.7. The molecule has 0 heterocycles. The maximum absolute atomic E-state index is 3.76. The van der Waals surface area contributed by atoms with E-state index in [1.165, 1.54) is 36.8 Å². The summed E-state index contributed by atoms with van der Waals surface area (Å²) >= 11 is 0. The van der Waals surface area contributed by atoms with Gasteiger partial charge in [0.1, 0.15) is 0 Å². The lowest BCUT2D eigenvalue weighted by Crippen LogP contribution is -2.49. The molecule has 23 heavy (non-hydrogen) atoms. The molecule has 0 saturated heterocycles. The van der Waals surface area contributed by atoms with Crippen molar-refractivity contribution in [3.63, 3.8) is 0 Å². The molecule has 0 aliphatic heterocycles. The number of benzene rings is 2. The summed E-state index contributed by atoms with van der Waals surface area (Å²) in [5.74, 6) is 0. The van der Waals surface area contributed by atoms with Crippen molar-refractivity contribution in [2.45, 2.75) is 50.9 Å². The summed E-state index contributed by atoms with van der Waals surface area (Å²) in [5, 5.41) is 7.52. The lowest BCUT2D eigenvalue weighted by atomic mass is 9.90. The molecule has 0 radical (unpaired) electrons. The van der Waals surface area contributed by atoms with E-state index in [0.717, 1.165) is 13.1 Å². The monoisotopic (exact) mass is 330 g/mol. The molecule has 0 spiro atoms. The summed E-state index contributed by atoms with van der Waals surface area (Å²) in [4.78, 5) is 0. The molecule has 3 rings (SSSR count). The Balaban J connectivity index is 0.00000192. The SMILES string of the molecule is Cl.c1ccc(CNC2CCCCC2NCc2ccccc2)cc1. The number of halogens is 1. The fourth-order valence-corrected chi connectivity index (χ4v) is 3.31. The summed E-state index contributed by atoms with van der Waals surface area (Å²) in [5.41, 5.74) is 2.74. The number of nitrogens with one attached hydrogen (secondary N) is 2. The Hall–Kier alpha value is -1.35. The van der Waals surface area contributed by atoms with Gasteiger partial charge in [0.2, 0.25) is 0 Å². The van der Waals surface area contributed by atoms with Gasteiger partial charge in [-0.1, -0.05) is 73.5 Å². The van der Waals surface area contributed by atoms with Crippen molar-refractivity contribution in [2.24, 2.45) is 0 Å². The van der Waals surface area contributed by atoms with Crippen LogP contribution in [0.5, 0.6) is 0 Å². The van der Waals surface area contributed by atoms with Crippen molar-refractivity contribution in [1.82, 2.24) is 10.6 Å². The maximum Gasteiger partial charge on any atom is 0.0224 e. The predicted octanol–water partition coefficient (Wildman–Crippen LogP) is 4.30. The summed E-state index contributed by atoms with van der Waals surface area (Å²) in [6.07, 6.45) is 5.24. The first-order chi connectivity index (χ1) is 10.9. The van der Waals surface area contributed by atoms with E-state index in [0.29, 0.717) is 12.1 Å². The van der Waals surface area contributed by atoms with Crippen molar-refractivity contribution < 1.29 is 0 Å². The van der Waals surface area contributed by atoms with E-state index in [1.807, 2.05) is 0 Å². The van der Waals surface area contributed by atoms with Crippen LogP contribution in [0.2, 0.25) is 0 Å². The van der Waals surface area contributed by atoms with E-state index >= 15 is 0 Å². The van der Waals surface area contributed by atoms with E-state index in [-0.39, 0.29) is 12.4 Å². The minimum Gasteiger partial charge on any atom is -0.308 e. The molecule has 0 amide bonds. The highest BCUT2D eigenvalue weighted by molar-refractivity contribution is 5.85. The molecular formula is C20H27ClN2. The Labute approximate surface area is 146 Å². The van der Waals surface area contributed by atoms with E-state index < -0.39 is 0 Å². The highest BCUT2D eigenvalue weighted by atomic mass is 35.5. The zero-order valence-corrected chi connectivity index (χ0v) is 14.4. The third kappa shape index (κ3) is 5.65. The fourth-order valence-electron chi connectivity index (χ4n) is 3.31. The van der Waals surface area contributed by atoms with Gasteiger partial charge in [0.15, 0.2) is 0 Å². The van der Waals surface area contributed by atoms with Gasteiger partial charge in [0.05, 0.1) is 0 Å². The molecule has 2 N–H and O–H groups in total. The van der Waals surface area contributed by atoms with Gasteiger partial charge in [0.25, 0.3) is 0 Å². The van der Waals surface area contributed by atoms with E-state index in [2.05, 4.69) is 71.3 Å². The Morgan fingerprint density at radius 2 is 1.04 bits per heavy atom. The van der Waals surface area contributed by atoms with Crippen LogP contribution in [0, 0.1) is 0 Å². The van der Waals surface area contributed by atoms with Crippen molar-refractivity contribution in [3.05, 3.63) is 71.8 Å². The molecule has 1 aliphatic rings. The second kappa shape index (κ2) is 9.71. The van der Waals surface area contributed by atoms with Gasteiger partial charge in [-0.15, -0.1) is 12.4 Å². The number of hydrogen-bond acceptors (Lipinski definition) is 2. The molecule has 2 aromatic rings. The lowest BCUT2D eigenvalue weighted by molar-refractivity contribution is 0.281. The van der Waals surface area contributed by atoms with Crippen LogP contribution in [0.25, 0.3) is 0 Å². The first-order valence-electron chi connectivity index (χ1n) is 8.46. The van der Waals surface area contributed by atoms with Crippen molar-refractivity contribution >= 4 is 12.4 Å². The average Bonchev–Trinajstić information content (AvgIpc) is 2.61. The minimum atomic E-state index is 0. The van der Waals surface area contributed by atoms with Crippen LogP contribution in [0.1, 0.15) is 36.8 Å². The molecule has 2 unspecified atom stereocenters. The Kier molecular flexibility index (Phi) is 7.60. The lowest BCUT2D eigenvalue weighted by Gasteiger charge is -2.33. The Bertz CT molecular complexity index is 493. The molecule has 0 bridgehead atoms. The summed E-state index contributed by atoms with van der Waals surface area (Å²) < 4.78 is 0. The highest BCUT2D eigenvalue weighted by Gasteiger charge is 2.23. The average molecular weight is 331 g/mol. The van der Waals surface area contributed by atoms with Gasteiger partial charge in [-0.05, 0) is 24.0 Å². The van der Waals surface area contributed by atoms with Gasteiger partial charge in [-0.2, -0.15) is 0 Å². The Morgan fingerprint density at radius 3 is 1.43 bits per heavy atom. The van der Waals surface area contributed by atoms with Crippen LogP contribution in [0.15, 0.2) is 60.7 Å². The molecular weight excluding hydrogens is 304 g/mol. The standard InChI is InChI=1S/C20H26N2.ClH/c1-3-9-17(10-4-1)15-21-19-13-7-8-14-20(19)22-16-18-11-5-2-6-12-18;/h1-6,9-12,19-22H,7-8,13-16H2;1H. The van der Waals surface area contributed by atoms with Crippen molar-refractivity contribution in [3.8, 4) is 0 Å². The van der Waals surface area contributed by atoms with Crippen LogP contribution < -0.4 is 10.6 Å². The van der Waals surface area contributed by atoms with Crippen LogP contribution in [0.4, 0.5) is 0 Å². The van der Waals surface area contributed by atoms with E-state index in [4.69, 9.17) is 0 Å². The number of rotatable bonds is 6. The molecule has 1 fully saturated rings. The van der Waals surface area contributed by atoms with Crippen LogP contribution in [-0.2, 0) is 13.1 Å². The van der Waals surface area contributed by atoms with Crippen LogP contribution in [0.3, 0.4) is 0 Å². The van der Waals surface area contributed by atoms with Gasteiger partial charge < -0.3 is 10.6 Å². The van der Waals surface area contributed by atoms with Crippen molar-refractivity contribution in [2.75, 3.05) is 0 Å². The highest BCUT2D eigenvalue weighted by Crippen LogP contribution is 2.19. The van der Waals surface area contributed by atoms with Gasteiger partial charge in [0, 0.05) is 25.2 Å². The van der Waals surface area contributed by atoms with E-state index in [9.17, 15) is 0 Å². The van der Waals surface area contributed by atoms with Crippen LogP contribution in [-0.4, -0.2) is 12.1 Å². The largest absolute Gasteiger partial charge is 0.308 e. The smallest absolute Gasteiger partial charge is 0.0224 e. The molecule has 3 heteroatoms. The quantitative estimate of drug-likeness (QED) is 0.825. The summed E-state index contributed by atoms with van der Waals surface area (Å²) in [6.45, 7) is 1.93. The third-order valence-corrected chi connectivity index (χ3v) is 4.59. The predicted molar refractivity (Wildman–Crippen MR) is 99.9 cm³/mol. The van der Waals surface area contributed by atoms with Gasteiger partial charge in [-0.25, -0.2) is 0 Å². The molecule has 2 nitrogen and oxygen atoms in total. The zero-order chi connectivity index (χ0) is 15.0. The second-order valence-electron chi connectivity index (χ2n) is 6.23. The molecule has 1 saturated carbocycles. The fraction of sp³-hybridized carbons (Fsp3) is 0.400. The molecule has 0 aromatic heterocycles. The summed E-state index contributed by atoms with van der Waals surface area (Å²) in [6, 6.07) is 22.6. The first kappa shape index (κ1) is 18.0. The van der Waals surface area contributed by atoms with E-state index in [1.54, 1.807) is 0 Å². The van der Waals surface area contributed by atoms with Gasteiger partial charge in [-0.3, -0.25) is 0 Å². The van der Waals surface area contributed by atoms with Gasteiger partial charge >= 0.3 is 0 Å². The third-order valence-electron chi connectivity index (χ3n) is 4.59. The first-order valence-corrected chi connectivity index (χ1v) is 8.46. The van der Waals surface area contributed by atoms with Crippen LogP contribution >= 0.6 is 12.4 Å². The minimum absolute atomic E-state index is 0. The summed E-state index contributed by atoms with van der Waals surface area (Å²) in [7, 11) is 0. The zero-order valence-electron chi connectivity index (χ0n) is 13.6. The number of hydrogen-bond donors (Lipinski definition) is 2. The Morgan fingerprint density at radius 1 is 0.652 bits per heavy atom. The topological polar surface area (TPSA) is 24.1 Å².